The van der Waals surface area contributed by atoms with Crippen molar-refractivity contribution in [3.63, 3.8) is 0 Å². The number of hydrogen-bond donors (Lipinski definition) is 1. The monoisotopic (exact) mass is 365 g/mol. The van der Waals surface area contributed by atoms with Crippen LogP contribution in [0.15, 0.2) is 18.2 Å². The van der Waals surface area contributed by atoms with E-state index in [1.165, 1.54) is 5.56 Å². The highest BCUT2D eigenvalue weighted by atomic mass is 32.3. The molecule has 0 saturated heterocycles. The van der Waals surface area contributed by atoms with E-state index < -0.39 is 10.8 Å². The highest BCUT2D eigenvalue weighted by molar-refractivity contribution is 7.88. The first-order chi connectivity index (χ1) is 11.8. The van der Waals surface area contributed by atoms with Crippen LogP contribution in [0.2, 0.25) is 0 Å². The predicted molar refractivity (Wildman–Crippen MR) is 90.7 cm³/mol. The van der Waals surface area contributed by atoms with Crippen molar-refractivity contribution in [2.75, 3.05) is 0 Å². The number of hydrogen-bond acceptors (Lipinski definition) is 5. The van der Waals surface area contributed by atoms with Gasteiger partial charge in [0, 0.05) is 16.0 Å². The lowest BCUT2D eigenvalue weighted by molar-refractivity contribution is -0.129. The van der Waals surface area contributed by atoms with Gasteiger partial charge in [-0.05, 0) is 77.4 Å². The van der Waals surface area contributed by atoms with Gasteiger partial charge in [-0.3, -0.25) is 4.79 Å². The van der Waals surface area contributed by atoms with Crippen LogP contribution in [0.1, 0.15) is 56.1 Å². The first-order valence-electron chi connectivity index (χ1n) is 8.83. The van der Waals surface area contributed by atoms with Gasteiger partial charge in [0.05, 0.1) is 0 Å². The van der Waals surface area contributed by atoms with Crippen molar-refractivity contribution in [1.82, 2.24) is 0 Å². The molecule has 1 radical (unpaired) electrons. The van der Waals surface area contributed by atoms with Gasteiger partial charge in [0.15, 0.2) is 5.75 Å². The zero-order chi connectivity index (χ0) is 17.8. The highest BCUT2D eigenvalue weighted by Gasteiger charge is 2.54. The molecule has 4 rings (SSSR count). The van der Waals surface area contributed by atoms with Crippen molar-refractivity contribution >= 4 is 16.6 Å². The smallest absolute Gasteiger partial charge is 0.299 e. The van der Waals surface area contributed by atoms with Crippen LogP contribution < -0.4 is 10.1 Å². The maximum absolute atomic E-state index is 12.4. The summed E-state index contributed by atoms with van der Waals surface area (Å²) in [5.41, 5.74) is 2.27. The molecule has 6 nitrogen and oxygen atoms in total. The van der Waals surface area contributed by atoms with Crippen LogP contribution in [-0.2, 0) is 35.0 Å². The van der Waals surface area contributed by atoms with Crippen molar-refractivity contribution in [3.8, 4) is 5.75 Å². The highest BCUT2D eigenvalue weighted by Crippen LogP contribution is 2.59. The van der Waals surface area contributed by atoms with Gasteiger partial charge in [0.2, 0.25) is 0 Å². The molecule has 1 aromatic carbocycles. The average molecular weight is 365 g/mol. The van der Waals surface area contributed by atoms with Crippen molar-refractivity contribution in [1.29, 1.82) is 0 Å². The van der Waals surface area contributed by atoms with E-state index in [0.29, 0.717) is 23.5 Å². The summed E-state index contributed by atoms with van der Waals surface area (Å²) in [6.45, 7) is 2.16. The molecule has 0 heterocycles. The molecule has 2 saturated carbocycles. The zero-order valence-electron chi connectivity index (χ0n) is 14.2. The summed E-state index contributed by atoms with van der Waals surface area (Å²) in [6, 6.07) is 5.40. The van der Waals surface area contributed by atoms with Crippen LogP contribution in [0.3, 0.4) is 0 Å². The minimum atomic E-state index is -4.21. The molecule has 0 amide bonds. The van der Waals surface area contributed by atoms with Gasteiger partial charge in [0.25, 0.3) is 0 Å². The van der Waals surface area contributed by atoms with Gasteiger partial charge < -0.3 is 0 Å². The second kappa shape index (κ2) is 5.87. The van der Waals surface area contributed by atoms with Crippen molar-refractivity contribution in [2.45, 2.75) is 51.4 Å². The number of carbonyl (C=O) groups is 1. The Bertz CT molecular complexity index is 766. The number of aryl methyl sites for hydroxylation is 1. The molecular formula is C18H23NO5S+. The maximum Gasteiger partial charge on any atom is 0.608 e. The molecule has 0 spiro atoms. The Morgan fingerprint density at radius 1 is 1.24 bits per heavy atom. The lowest BCUT2D eigenvalue weighted by Crippen LogP contribution is -2.42. The number of ketones is 1. The molecule has 1 aromatic rings. The standard InChI is InChI=1S/C18H23NO5S/c1-18-9-8-14-13-5-3-12(23-25(21,22)24-19)10-11(13)2-4-15(14)16(18)6-7-17(18)20/h3,5,10,14-16H,2,4,6-9,19H2,1H3/q+1/t14-,15-,16+,18+/m1/s1. The van der Waals surface area contributed by atoms with Gasteiger partial charge in [-0.1, -0.05) is 13.0 Å². The predicted octanol–water partition coefficient (Wildman–Crippen LogP) is 3.06. The van der Waals surface area contributed by atoms with Gasteiger partial charge in [0.1, 0.15) is 10.3 Å². The molecule has 3 aliphatic rings. The number of fused-ring (bicyclic) bond motifs is 5. The second-order valence-corrected chi connectivity index (χ2v) is 8.96. The molecule has 5 atom stereocenters. The summed E-state index contributed by atoms with van der Waals surface area (Å²) in [7, 11) is -4.21. The molecule has 3 aliphatic carbocycles. The van der Waals surface area contributed by atoms with Gasteiger partial charge in [-0.25, -0.2) is 4.18 Å². The molecular weight excluding hydrogens is 342 g/mol. The minimum Gasteiger partial charge on any atom is -0.299 e. The fraction of sp³-hybridized carbons (Fsp3) is 0.611. The summed E-state index contributed by atoms with van der Waals surface area (Å²) in [5.74, 6) is 6.85. The molecule has 0 aliphatic heterocycles. The van der Waals surface area contributed by atoms with E-state index in [1.807, 2.05) is 6.07 Å². The van der Waals surface area contributed by atoms with Gasteiger partial charge in [-0.2, -0.15) is 5.90 Å². The Balaban J connectivity index is 1.61. The Morgan fingerprint density at radius 3 is 2.80 bits per heavy atom. The lowest BCUT2D eigenvalue weighted by Gasteiger charge is -2.48. The fourth-order valence-corrected chi connectivity index (χ4v) is 5.90. The number of nitrogens with two attached hydrogens (primary N) is 1. The Morgan fingerprint density at radius 2 is 2.04 bits per heavy atom. The first-order valence-corrected chi connectivity index (χ1v) is 10.2. The quantitative estimate of drug-likeness (QED) is 0.656. The Kier molecular flexibility index (Phi) is 4.03. The topological polar surface area (TPSA) is 98.5 Å². The van der Waals surface area contributed by atoms with E-state index in [2.05, 4.69) is 11.2 Å². The summed E-state index contributed by atoms with van der Waals surface area (Å²) in [4.78, 5) is 12.4. The van der Waals surface area contributed by atoms with Crippen LogP contribution in [0.4, 0.5) is 0 Å². The molecule has 2 N–H and O–H groups in total. The first kappa shape index (κ1) is 17.1. The maximum atomic E-state index is 12.4. The van der Waals surface area contributed by atoms with Crippen molar-refractivity contribution in [3.05, 3.63) is 29.3 Å². The van der Waals surface area contributed by atoms with Crippen LogP contribution >= 0.6 is 0 Å². The number of rotatable bonds is 3. The third-order valence-corrected chi connectivity index (χ3v) is 7.36. The van der Waals surface area contributed by atoms with E-state index in [1.54, 1.807) is 12.1 Å². The largest absolute Gasteiger partial charge is 0.608 e. The van der Waals surface area contributed by atoms with E-state index in [4.69, 9.17) is 10.1 Å². The Labute approximate surface area is 148 Å². The summed E-state index contributed by atoms with van der Waals surface area (Å²) in [6.07, 6.45) is 5.61. The van der Waals surface area contributed by atoms with Crippen molar-refractivity contribution < 1.29 is 22.0 Å². The Hall–Kier alpha value is -1.28. The molecule has 0 bridgehead atoms. The van der Waals surface area contributed by atoms with Crippen LogP contribution in [0.5, 0.6) is 5.75 Å². The summed E-state index contributed by atoms with van der Waals surface area (Å²) < 4.78 is 31.4. The molecule has 7 heteroatoms. The summed E-state index contributed by atoms with van der Waals surface area (Å²) >= 11 is 0. The lowest BCUT2D eigenvalue weighted by atomic mass is 9.55. The molecule has 0 aromatic heterocycles. The third kappa shape index (κ3) is 2.73. The number of carbonyl (C=O) groups excluding carboxylic acids is 1. The second-order valence-electron chi connectivity index (χ2n) is 7.78. The minimum absolute atomic E-state index is 0.131. The summed E-state index contributed by atoms with van der Waals surface area (Å²) in [5, 5.41) is 0. The van der Waals surface area contributed by atoms with Crippen LogP contribution in [0.25, 0.3) is 0 Å². The molecule has 2 fully saturated rings. The molecule has 135 valence electrons. The number of benzene rings is 1. The van der Waals surface area contributed by atoms with E-state index in [0.717, 1.165) is 44.1 Å². The van der Waals surface area contributed by atoms with Gasteiger partial charge >= 0.3 is 10.8 Å². The number of Topliss-reactive ketones (excluding diaryl/α,β-unsaturated/α-hetero) is 1. The van der Waals surface area contributed by atoms with Crippen LogP contribution in [0, 0.1) is 17.3 Å². The molecule has 1 unspecified atom stereocenters. The normalized spacial score (nSPS) is 36.1. The molecule has 25 heavy (non-hydrogen) atoms. The van der Waals surface area contributed by atoms with E-state index >= 15 is 0 Å². The van der Waals surface area contributed by atoms with Gasteiger partial charge in [-0.15, -0.1) is 0 Å². The van der Waals surface area contributed by atoms with Crippen LogP contribution in [-0.4, -0.2) is 5.78 Å². The van der Waals surface area contributed by atoms with Crippen molar-refractivity contribution in [2.24, 2.45) is 23.1 Å². The zero-order valence-corrected chi connectivity index (χ0v) is 15.1. The van der Waals surface area contributed by atoms with E-state index in [-0.39, 0.29) is 11.2 Å². The van der Waals surface area contributed by atoms with E-state index in [9.17, 15) is 13.6 Å². The SMILES string of the molecule is C[C@]12CC[C@@H]3c4ccc(O[S+]([O])(=O)ON)cc4CC[C@H]3[C@@H]1CCC2=O. The average Bonchev–Trinajstić information content (AvgIpc) is 2.89. The third-order valence-electron chi connectivity index (χ3n) is 6.72. The fourth-order valence-electron chi connectivity index (χ4n) is 5.52.